The lowest BCUT2D eigenvalue weighted by atomic mass is 9.81. The number of benzene rings is 2. The number of halogens is 1. The van der Waals surface area contributed by atoms with Crippen molar-refractivity contribution in [2.24, 2.45) is 0 Å². The van der Waals surface area contributed by atoms with Gasteiger partial charge in [-0.15, -0.1) is 0 Å². The second-order valence-electron chi connectivity index (χ2n) is 6.88. The zero-order valence-electron chi connectivity index (χ0n) is 15.3. The molecule has 0 spiro atoms. The van der Waals surface area contributed by atoms with E-state index >= 15 is 0 Å². The Kier molecular flexibility index (Phi) is 6.82. The van der Waals surface area contributed by atoms with Gasteiger partial charge in [0.15, 0.2) is 5.71 Å². The fraction of sp³-hybridized carbons (Fsp3) is 0.318. The van der Waals surface area contributed by atoms with Gasteiger partial charge in [0.05, 0.1) is 5.41 Å². The van der Waals surface area contributed by atoms with Crippen molar-refractivity contribution in [3.05, 3.63) is 72.4 Å². The molecule has 1 N–H and O–H groups in total. The highest BCUT2D eigenvalue weighted by atomic mass is 127. The van der Waals surface area contributed by atoms with Crippen molar-refractivity contribution in [2.45, 2.75) is 39.0 Å². The molecule has 0 unspecified atom stereocenters. The first-order valence-electron chi connectivity index (χ1n) is 8.87. The summed E-state index contributed by atoms with van der Waals surface area (Å²) in [5.74, 6) is 0. The van der Waals surface area contributed by atoms with E-state index < -0.39 is 0 Å². The zero-order valence-corrected chi connectivity index (χ0v) is 17.5. The highest BCUT2D eigenvalue weighted by Gasteiger charge is 2.43. The number of fused-ring (bicyclic) bond motifs is 1. The van der Waals surface area contributed by atoms with E-state index in [1.165, 1.54) is 29.8 Å². The van der Waals surface area contributed by atoms with Crippen molar-refractivity contribution >= 4 is 17.1 Å². The van der Waals surface area contributed by atoms with Crippen LogP contribution in [0.25, 0.3) is 0 Å². The van der Waals surface area contributed by atoms with Gasteiger partial charge in [0.25, 0.3) is 0 Å². The highest BCUT2D eigenvalue weighted by Crippen LogP contribution is 2.39. The van der Waals surface area contributed by atoms with Gasteiger partial charge in [-0.3, -0.25) is 0 Å². The van der Waals surface area contributed by atoms with Crippen LogP contribution < -0.4 is 29.3 Å². The second kappa shape index (κ2) is 8.65. The number of hydrogen-bond acceptors (Lipinski definition) is 1. The Morgan fingerprint density at radius 1 is 1.00 bits per heavy atom. The number of nitrogens with one attached hydrogen (secondary N) is 1. The number of hydrogen-bond donors (Lipinski definition) is 1. The van der Waals surface area contributed by atoms with Gasteiger partial charge in [0.2, 0.25) is 5.69 Å². The third-order valence-electron chi connectivity index (χ3n) is 4.80. The van der Waals surface area contributed by atoms with Crippen molar-refractivity contribution in [2.75, 3.05) is 11.9 Å². The summed E-state index contributed by atoms with van der Waals surface area (Å²) in [6, 6.07) is 19.1. The molecule has 0 radical (unpaired) electrons. The smallest absolute Gasteiger partial charge is 0.209 e. The number of unbranched alkanes of at least 4 members (excludes halogenated alkanes) is 1. The minimum atomic E-state index is 0. The first-order valence-corrected chi connectivity index (χ1v) is 8.87. The van der Waals surface area contributed by atoms with Gasteiger partial charge in [-0.25, -0.2) is 0 Å². The minimum absolute atomic E-state index is 0. The SMILES string of the molecule is CCCC[N+]1=C(/C=C/Nc2ccccc2)C(C)(C)c2ccccc21.[I-]. The number of anilines is 1. The molecule has 0 amide bonds. The molecule has 0 saturated heterocycles. The zero-order chi connectivity index (χ0) is 17.0. The highest BCUT2D eigenvalue weighted by molar-refractivity contribution is 6.03. The molecule has 25 heavy (non-hydrogen) atoms. The largest absolute Gasteiger partial charge is 1.00 e. The van der Waals surface area contributed by atoms with Crippen LogP contribution in [0.15, 0.2) is 66.9 Å². The van der Waals surface area contributed by atoms with E-state index in [2.05, 4.69) is 79.3 Å². The van der Waals surface area contributed by atoms with Gasteiger partial charge < -0.3 is 29.3 Å². The first-order chi connectivity index (χ1) is 11.6. The van der Waals surface area contributed by atoms with E-state index in [9.17, 15) is 0 Å². The van der Waals surface area contributed by atoms with Crippen molar-refractivity contribution in [1.82, 2.24) is 0 Å². The summed E-state index contributed by atoms with van der Waals surface area (Å²) in [5, 5.41) is 3.38. The molecule has 0 bridgehead atoms. The van der Waals surface area contributed by atoms with Crippen molar-refractivity contribution in [3.8, 4) is 0 Å². The van der Waals surface area contributed by atoms with Gasteiger partial charge in [-0.1, -0.05) is 49.7 Å². The van der Waals surface area contributed by atoms with Crippen LogP contribution in [0, 0.1) is 0 Å². The Labute approximate surface area is 168 Å². The summed E-state index contributed by atoms with van der Waals surface area (Å²) < 4.78 is 2.49. The van der Waals surface area contributed by atoms with Crippen LogP contribution in [0.2, 0.25) is 0 Å². The molecule has 1 heterocycles. The van der Waals surface area contributed by atoms with Gasteiger partial charge >= 0.3 is 0 Å². The van der Waals surface area contributed by atoms with E-state index in [4.69, 9.17) is 0 Å². The van der Waals surface area contributed by atoms with Crippen molar-refractivity contribution in [3.63, 3.8) is 0 Å². The number of allylic oxidation sites excluding steroid dienone is 1. The van der Waals surface area contributed by atoms with Gasteiger partial charge in [0.1, 0.15) is 6.54 Å². The average Bonchev–Trinajstić information content (AvgIpc) is 2.82. The van der Waals surface area contributed by atoms with Crippen LogP contribution >= 0.6 is 0 Å². The number of para-hydroxylation sites is 2. The molecule has 3 heteroatoms. The molecular weight excluding hydrogens is 419 g/mol. The molecule has 0 fully saturated rings. The van der Waals surface area contributed by atoms with Gasteiger partial charge in [-0.05, 0) is 26.0 Å². The molecule has 0 aromatic heterocycles. The minimum Gasteiger partial charge on any atom is -1.00 e. The molecule has 3 rings (SSSR count). The second-order valence-corrected chi connectivity index (χ2v) is 6.88. The summed E-state index contributed by atoms with van der Waals surface area (Å²) in [6.45, 7) is 7.96. The summed E-state index contributed by atoms with van der Waals surface area (Å²) in [7, 11) is 0. The maximum Gasteiger partial charge on any atom is 0.209 e. The fourth-order valence-corrected chi connectivity index (χ4v) is 3.45. The van der Waals surface area contributed by atoms with Crippen LogP contribution in [0.3, 0.4) is 0 Å². The molecule has 0 saturated carbocycles. The molecular formula is C22H27IN2. The van der Waals surface area contributed by atoms with Crippen molar-refractivity contribution < 1.29 is 28.6 Å². The average molecular weight is 446 g/mol. The maximum absolute atomic E-state index is 3.38. The van der Waals surface area contributed by atoms with E-state index in [-0.39, 0.29) is 29.4 Å². The lowest BCUT2D eigenvalue weighted by Crippen LogP contribution is -3.00. The molecule has 2 aromatic carbocycles. The fourth-order valence-electron chi connectivity index (χ4n) is 3.45. The molecule has 1 aliphatic rings. The van der Waals surface area contributed by atoms with Gasteiger partial charge in [-0.2, -0.15) is 4.58 Å². The summed E-state index contributed by atoms with van der Waals surface area (Å²) in [5.41, 5.74) is 5.28. The van der Waals surface area contributed by atoms with Crippen LogP contribution in [0.1, 0.15) is 39.2 Å². The lowest BCUT2D eigenvalue weighted by Gasteiger charge is -2.15. The van der Waals surface area contributed by atoms with Crippen LogP contribution in [-0.2, 0) is 5.41 Å². The Morgan fingerprint density at radius 2 is 1.68 bits per heavy atom. The molecule has 132 valence electrons. The first kappa shape index (κ1) is 19.7. The third kappa shape index (κ3) is 4.14. The standard InChI is InChI=1S/C22H26N2.HI/c1-4-5-17-24-20-14-10-9-13-19(20)22(2,3)21(24)15-16-23-18-11-7-6-8-12-18;/h6-16H,4-5,17H2,1-3H3;1H. The van der Waals surface area contributed by atoms with Crippen LogP contribution in [-0.4, -0.2) is 16.8 Å². The number of rotatable bonds is 6. The third-order valence-corrected chi connectivity index (χ3v) is 4.80. The molecule has 1 aliphatic heterocycles. The Bertz CT molecular complexity index is 761. The summed E-state index contributed by atoms with van der Waals surface area (Å²) in [4.78, 5) is 0. The summed E-state index contributed by atoms with van der Waals surface area (Å²) in [6.07, 6.45) is 6.71. The molecule has 0 aliphatic carbocycles. The topological polar surface area (TPSA) is 15.0 Å². The summed E-state index contributed by atoms with van der Waals surface area (Å²) >= 11 is 0. The lowest BCUT2D eigenvalue weighted by molar-refractivity contribution is -0.438. The predicted molar refractivity (Wildman–Crippen MR) is 103 cm³/mol. The molecule has 2 nitrogen and oxygen atoms in total. The van der Waals surface area contributed by atoms with Gasteiger partial charge in [0, 0.05) is 36.0 Å². The van der Waals surface area contributed by atoms with E-state index in [1.807, 2.05) is 18.2 Å². The van der Waals surface area contributed by atoms with Crippen molar-refractivity contribution in [1.29, 1.82) is 0 Å². The molecule has 2 aromatic rings. The maximum atomic E-state index is 3.38. The Hall–Kier alpha value is -1.62. The predicted octanol–water partition coefficient (Wildman–Crippen LogP) is 2.49. The Morgan fingerprint density at radius 3 is 2.40 bits per heavy atom. The van der Waals surface area contributed by atoms with Crippen LogP contribution in [0.5, 0.6) is 0 Å². The van der Waals surface area contributed by atoms with Crippen LogP contribution in [0.4, 0.5) is 11.4 Å². The Balaban J connectivity index is 0.00000225. The van der Waals surface area contributed by atoms with E-state index in [1.54, 1.807) is 0 Å². The normalized spacial score (nSPS) is 15.2. The number of nitrogens with zero attached hydrogens (tertiary/aromatic N) is 1. The van der Waals surface area contributed by atoms with E-state index in [0.717, 1.165) is 12.2 Å². The van der Waals surface area contributed by atoms with E-state index in [0.29, 0.717) is 0 Å². The monoisotopic (exact) mass is 446 g/mol. The molecule has 0 atom stereocenters. The quantitative estimate of drug-likeness (QED) is 0.533.